The first-order valence-corrected chi connectivity index (χ1v) is 6.20. The van der Waals surface area contributed by atoms with E-state index in [1.807, 2.05) is 0 Å². The number of pyridine rings is 1. The minimum atomic E-state index is -0.653. The summed E-state index contributed by atoms with van der Waals surface area (Å²) in [7, 11) is 0. The highest BCUT2D eigenvalue weighted by atomic mass is 19.1. The summed E-state index contributed by atoms with van der Waals surface area (Å²) in [5.41, 5.74) is 1.05. The molecular weight excluding hydrogens is 236 g/mol. The molecule has 0 amide bonds. The number of benzene rings is 1. The lowest BCUT2D eigenvalue weighted by atomic mass is 10.0. The fraction of sp³-hybridized carbons (Fsp3) is 0.357. The van der Waals surface area contributed by atoms with Crippen molar-refractivity contribution in [2.24, 2.45) is 0 Å². The monoisotopic (exact) mass is 249 g/mol. The van der Waals surface area contributed by atoms with Crippen LogP contribution in [-0.2, 0) is 12.8 Å². The van der Waals surface area contributed by atoms with E-state index < -0.39 is 11.6 Å². The number of fused-ring (bicyclic) bond motifs is 2. The summed E-state index contributed by atoms with van der Waals surface area (Å²) in [6, 6.07) is 2.06. The van der Waals surface area contributed by atoms with E-state index in [1.165, 1.54) is 0 Å². The molecule has 3 rings (SSSR count). The molecule has 2 aromatic rings. The van der Waals surface area contributed by atoms with Gasteiger partial charge in [-0.15, -0.1) is 0 Å². The van der Waals surface area contributed by atoms with Crippen LogP contribution in [-0.4, -0.2) is 4.98 Å². The molecule has 0 atom stereocenters. The molecule has 2 nitrogen and oxygen atoms in total. The third-order valence-electron chi connectivity index (χ3n) is 3.60. The molecule has 1 aromatic heterocycles. The van der Waals surface area contributed by atoms with Crippen LogP contribution < -0.4 is 5.43 Å². The topological polar surface area (TPSA) is 32.9 Å². The maximum atomic E-state index is 13.7. The van der Waals surface area contributed by atoms with E-state index in [1.54, 1.807) is 0 Å². The lowest BCUT2D eigenvalue weighted by Gasteiger charge is -2.09. The summed E-state index contributed by atoms with van der Waals surface area (Å²) < 4.78 is 27.4. The van der Waals surface area contributed by atoms with Crippen LogP contribution in [0.2, 0.25) is 0 Å². The van der Waals surface area contributed by atoms with Gasteiger partial charge in [0.2, 0.25) is 0 Å². The van der Waals surface area contributed by atoms with Crippen LogP contribution in [0.25, 0.3) is 10.9 Å². The maximum Gasteiger partial charge on any atom is 0.195 e. The number of hydrogen-bond acceptors (Lipinski definition) is 1. The van der Waals surface area contributed by atoms with Crippen LogP contribution in [0.1, 0.15) is 30.5 Å². The zero-order chi connectivity index (χ0) is 12.7. The van der Waals surface area contributed by atoms with Crippen molar-refractivity contribution >= 4 is 10.9 Å². The highest BCUT2D eigenvalue weighted by Crippen LogP contribution is 2.22. The molecule has 0 radical (unpaired) electrons. The number of aromatic nitrogens is 1. The van der Waals surface area contributed by atoms with E-state index in [2.05, 4.69) is 4.98 Å². The van der Waals surface area contributed by atoms with Crippen LogP contribution in [0.15, 0.2) is 16.9 Å². The molecule has 0 unspecified atom stereocenters. The average Bonchev–Trinajstić information content (AvgIpc) is 2.59. The van der Waals surface area contributed by atoms with E-state index >= 15 is 0 Å². The van der Waals surface area contributed by atoms with Gasteiger partial charge in [-0.2, -0.15) is 0 Å². The number of nitrogens with one attached hydrogen (secondary N) is 1. The van der Waals surface area contributed by atoms with Crippen molar-refractivity contribution < 1.29 is 8.78 Å². The molecule has 0 fully saturated rings. The number of aromatic amines is 1. The zero-order valence-corrected chi connectivity index (χ0v) is 9.85. The summed E-state index contributed by atoms with van der Waals surface area (Å²) in [6.45, 7) is 0. The average molecular weight is 249 g/mol. The molecule has 0 spiro atoms. The lowest BCUT2D eigenvalue weighted by Crippen LogP contribution is -2.16. The normalized spacial score (nSPS) is 15.4. The second-order valence-corrected chi connectivity index (χ2v) is 4.75. The van der Waals surface area contributed by atoms with Crippen molar-refractivity contribution in [3.8, 4) is 0 Å². The molecule has 4 heteroatoms. The van der Waals surface area contributed by atoms with Crippen molar-refractivity contribution in [3.05, 3.63) is 45.2 Å². The predicted molar refractivity (Wildman–Crippen MR) is 65.7 cm³/mol. The van der Waals surface area contributed by atoms with E-state index in [9.17, 15) is 13.6 Å². The van der Waals surface area contributed by atoms with Crippen molar-refractivity contribution in [1.82, 2.24) is 4.98 Å². The van der Waals surface area contributed by atoms with E-state index in [0.717, 1.165) is 43.5 Å². The zero-order valence-electron chi connectivity index (χ0n) is 9.85. The second kappa shape index (κ2) is 4.19. The maximum absolute atomic E-state index is 13.7. The standard InChI is InChI=1S/C14H13F2NO/c15-9-6-7-10(16)13-12(9)14(18)8-4-2-1-3-5-11(8)17-13/h6-7H,1-5H2,(H,17,18). The first-order chi connectivity index (χ1) is 8.68. The Kier molecular flexibility index (Phi) is 2.65. The van der Waals surface area contributed by atoms with Crippen molar-refractivity contribution in [1.29, 1.82) is 0 Å². The van der Waals surface area contributed by atoms with Gasteiger partial charge in [0.25, 0.3) is 0 Å². The minimum absolute atomic E-state index is 0.000602. The fourth-order valence-electron chi connectivity index (χ4n) is 2.67. The lowest BCUT2D eigenvalue weighted by molar-refractivity contribution is 0.613. The SMILES string of the molecule is O=c1c2c([nH]c3c(F)ccc(F)c13)CCCCC2. The minimum Gasteiger partial charge on any atom is -0.355 e. The van der Waals surface area contributed by atoms with Gasteiger partial charge in [-0.1, -0.05) is 6.42 Å². The largest absolute Gasteiger partial charge is 0.355 e. The molecular formula is C14H13F2NO. The van der Waals surface area contributed by atoms with Gasteiger partial charge >= 0.3 is 0 Å². The quantitative estimate of drug-likeness (QED) is 0.715. The summed E-state index contributed by atoms with van der Waals surface area (Å²) >= 11 is 0. The van der Waals surface area contributed by atoms with E-state index in [0.29, 0.717) is 12.0 Å². The number of halogens is 2. The fourth-order valence-corrected chi connectivity index (χ4v) is 2.67. The Morgan fingerprint density at radius 2 is 1.72 bits per heavy atom. The predicted octanol–water partition coefficient (Wildman–Crippen LogP) is 3.08. The van der Waals surface area contributed by atoms with Gasteiger partial charge in [-0.25, -0.2) is 8.78 Å². The van der Waals surface area contributed by atoms with Gasteiger partial charge in [0.05, 0.1) is 10.9 Å². The van der Waals surface area contributed by atoms with Gasteiger partial charge in [0, 0.05) is 11.3 Å². The molecule has 0 saturated carbocycles. The Labute approximate surface area is 103 Å². The van der Waals surface area contributed by atoms with Crippen LogP contribution in [0.4, 0.5) is 8.78 Å². The molecule has 0 aliphatic heterocycles. The van der Waals surface area contributed by atoms with Gasteiger partial charge in [0.15, 0.2) is 5.43 Å². The summed E-state index contributed by atoms with van der Waals surface area (Å²) in [5, 5.41) is -0.143. The smallest absolute Gasteiger partial charge is 0.195 e. The van der Waals surface area contributed by atoms with E-state index in [4.69, 9.17) is 0 Å². The Morgan fingerprint density at radius 3 is 2.56 bits per heavy atom. The highest BCUT2D eigenvalue weighted by Gasteiger charge is 2.18. The van der Waals surface area contributed by atoms with Gasteiger partial charge in [-0.3, -0.25) is 4.79 Å². The summed E-state index contributed by atoms with van der Waals surface area (Å²) in [5.74, 6) is -1.23. The number of aryl methyl sites for hydroxylation is 1. The summed E-state index contributed by atoms with van der Waals surface area (Å²) in [4.78, 5) is 15.2. The van der Waals surface area contributed by atoms with Crippen molar-refractivity contribution in [2.45, 2.75) is 32.1 Å². The van der Waals surface area contributed by atoms with Crippen molar-refractivity contribution in [3.63, 3.8) is 0 Å². The Bertz CT molecular complexity index is 676. The highest BCUT2D eigenvalue weighted by molar-refractivity contribution is 5.80. The van der Waals surface area contributed by atoms with Crippen LogP contribution >= 0.6 is 0 Å². The van der Waals surface area contributed by atoms with Crippen molar-refractivity contribution in [2.75, 3.05) is 0 Å². The first-order valence-electron chi connectivity index (χ1n) is 6.20. The molecule has 94 valence electrons. The Morgan fingerprint density at radius 1 is 1.00 bits per heavy atom. The Hall–Kier alpha value is -1.71. The van der Waals surface area contributed by atoms with E-state index in [-0.39, 0.29) is 16.3 Å². The second-order valence-electron chi connectivity index (χ2n) is 4.75. The Balaban J connectivity index is 2.42. The van der Waals surface area contributed by atoms with Crippen LogP contribution in [0.5, 0.6) is 0 Å². The molecule has 1 aliphatic rings. The summed E-state index contributed by atoms with van der Waals surface area (Å²) in [6.07, 6.45) is 4.33. The van der Waals surface area contributed by atoms with Gasteiger partial charge < -0.3 is 4.98 Å². The van der Waals surface area contributed by atoms with Gasteiger partial charge in [0.1, 0.15) is 11.6 Å². The number of rotatable bonds is 0. The van der Waals surface area contributed by atoms with Crippen LogP contribution in [0, 0.1) is 11.6 Å². The van der Waals surface area contributed by atoms with Crippen LogP contribution in [0.3, 0.4) is 0 Å². The number of hydrogen-bond donors (Lipinski definition) is 1. The molecule has 0 bridgehead atoms. The number of H-pyrrole nitrogens is 1. The molecule has 18 heavy (non-hydrogen) atoms. The third kappa shape index (κ3) is 1.64. The molecule has 1 heterocycles. The first kappa shape index (κ1) is 11.4. The van der Waals surface area contributed by atoms with Gasteiger partial charge in [-0.05, 0) is 37.8 Å². The molecule has 1 aliphatic carbocycles. The molecule has 1 N–H and O–H groups in total. The molecule has 0 saturated heterocycles. The third-order valence-corrected chi connectivity index (χ3v) is 3.60. The molecule has 1 aromatic carbocycles.